The van der Waals surface area contributed by atoms with Crippen molar-refractivity contribution < 1.29 is 0 Å². The van der Waals surface area contributed by atoms with Crippen LogP contribution in [0, 0.1) is 10.5 Å². The average Bonchev–Trinajstić information content (AvgIpc) is 2.70. The lowest BCUT2D eigenvalue weighted by atomic mass is 10.2. The summed E-state index contributed by atoms with van der Waals surface area (Å²) in [6.45, 7) is 4.24. The zero-order chi connectivity index (χ0) is 12.4. The predicted octanol–water partition coefficient (Wildman–Crippen LogP) is 3.51. The lowest BCUT2D eigenvalue weighted by Gasteiger charge is -2.17. The van der Waals surface area contributed by atoms with Crippen LogP contribution in [0.5, 0.6) is 0 Å². The maximum absolute atomic E-state index is 4.36. The van der Waals surface area contributed by atoms with Crippen LogP contribution in [0.4, 0.5) is 5.69 Å². The van der Waals surface area contributed by atoms with Gasteiger partial charge in [-0.3, -0.25) is 0 Å². The number of hydrogen-bond donors (Lipinski definition) is 1. The molecule has 4 heteroatoms. The first-order valence-corrected chi connectivity index (χ1v) is 6.65. The number of imidazole rings is 1. The lowest BCUT2D eigenvalue weighted by Crippen LogP contribution is -2.12. The van der Waals surface area contributed by atoms with E-state index in [1.54, 1.807) is 0 Å². The number of anilines is 1. The molecule has 1 N–H and O–H groups in total. The van der Waals surface area contributed by atoms with Crippen LogP contribution in [0.25, 0.3) is 0 Å². The molecule has 0 aliphatic heterocycles. The smallest absolute Gasteiger partial charge is 0.130 e. The van der Waals surface area contributed by atoms with E-state index in [0.717, 1.165) is 5.82 Å². The Morgan fingerprint density at radius 1 is 1.41 bits per heavy atom. The van der Waals surface area contributed by atoms with Gasteiger partial charge in [-0.25, -0.2) is 4.98 Å². The fraction of sp³-hybridized carbons (Fsp3) is 0.308. The van der Waals surface area contributed by atoms with Gasteiger partial charge in [-0.15, -0.1) is 0 Å². The van der Waals surface area contributed by atoms with Crippen molar-refractivity contribution in [2.45, 2.75) is 19.9 Å². The van der Waals surface area contributed by atoms with E-state index >= 15 is 0 Å². The number of nitrogens with one attached hydrogen (secondary N) is 1. The third kappa shape index (κ3) is 2.80. The van der Waals surface area contributed by atoms with Gasteiger partial charge in [0.15, 0.2) is 0 Å². The minimum absolute atomic E-state index is 0.201. The Kier molecular flexibility index (Phi) is 3.71. The van der Waals surface area contributed by atoms with E-state index in [1.165, 1.54) is 14.8 Å². The molecule has 90 valence electrons. The lowest BCUT2D eigenvalue weighted by molar-refractivity contribution is 0.721. The number of aryl methyl sites for hydroxylation is 2. The molecule has 2 rings (SSSR count). The van der Waals surface area contributed by atoms with E-state index in [9.17, 15) is 0 Å². The molecule has 0 amide bonds. The van der Waals surface area contributed by atoms with Gasteiger partial charge < -0.3 is 9.88 Å². The summed E-state index contributed by atoms with van der Waals surface area (Å²) in [5.74, 6) is 1.04. The summed E-state index contributed by atoms with van der Waals surface area (Å²) in [5.41, 5.74) is 2.43. The number of hydrogen-bond acceptors (Lipinski definition) is 2. The highest BCUT2D eigenvalue weighted by Crippen LogP contribution is 2.23. The molecule has 0 bridgehead atoms. The fourth-order valence-corrected chi connectivity index (χ4v) is 2.33. The summed E-state index contributed by atoms with van der Waals surface area (Å²) in [6.07, 6.45) is 3.80. The number of halogens is 1. The van der Waals surface area contributed by atoms with E-state index in [0.29, 0.717) is 0 Å². The van der Waals surface area contributed by atoms with Crippen LogP contribution in [0.15, 0.2) is 30.6 Å². The zero-order valence-corrected chi connectivity index (χ0v) is 12.4. The average molecular weight is 341 g/mol. The molecule has 2 aromatic rings. The van der Waals surface area contributed by atoms with Gasteiger partial charge in [0.2, 0.25) is 0 Å². The maximum atomic E-state index is 4.36. The van der Waals surface area contributed by atoms with Gasteiger partial charge in [0.05, 0.1) is 6.04 Å². The van der Waals surface area contributed by atoms with Gasteiger partial charge in [0.1, 0.15) is 5.82 Å². The second-order valence-electron chi connectivity index (χ2n) is 4.22. The third-order valence-corrected chi connectivity index (χ3v) is 3.49. The van der Waals surface area contributed by atoms with E-state index in [4.69, 9.17) is 0 Å². The van der Waals surface area contributed by atoms with Gasteiger partial charge >= 0.3 is 0 Å². The fourth-order valence-electron chi connectivity index (χ4n) is 1.84. The van der Waals surface area contributed by atoms with E-state index < -0.39 is 0 Å². The number of nitrogens with zero attached hydrogens (tertiary/aromatic N) is 2. The standard InChI is InChI=1S/C13H16IN3/c1-9-4-5-11(14)8-12(9)16-10(2)13-15-6-7-17(13)3/h4-8,10,16H,1-3H3. The molecular formula is C13H16IN3. The van der Waals surface area contributed by atoms with Crippen molar-refractivity contribution in [3.8, 4) is 0 Å². The molecule has 0 fully saturated rings. The van der Waals surface area contributed by atoms with Gasteiger partial charge in [-0.05, 0) is 54.1 Å². The van der Waals surface area contributed by atoms with Gasteiger partial charge in [-0.2, -0.15) is 0 Å². The van der Waals surface area contributed by atoms with Crippen molar-refractivity contribution in [1.29, 1.82) is 0 Å². The Labute approximate surface area is 115 Å². The molecule has 0 radical (unpaired) electrons. The summed E-state index contributed by atoms with van der Waals surface area (Å²) in [4.78, 5) is 4.36. The minimum atomic E-state index is 0.201. The summed E-state index contributed by atoms with van der Waals surface area (Å²) in [5, 5.41) is 3.51. The van der Waals surface area contributed by atoms with E-state index in [2.05, 4.69) is 64.9 Å². The van der Waals surface area contributed by atoms with Crippen LogP contribution in [0.3, 0.4) is 0 Å². The Bertz CT molecular complexity index is 519. The molecule has 1 atom stereocenters. The molecule has 0 saturated heterocycles. The van der Waals surface area contributed by atoms with Gasteiger partial charge in [0, 0.05) is 28.7 Å². The number of aromatic nitrogens is 2. The Morgan fingerprint density at radius 2 is 2.18 bits per heavy atom. The van der Waals surface area contributed by atoms with Crippen LogP contribution in [-0.2, 0) is 7.05 Å². The van der Waals surface area contributed by atoms with Crippen molar-refractivity contribution in [2.75, 3.05) is 5.32 Å². The first-order chi connectivity index (χ1) is 8.08. The molecular weight excluding hydrogens is 325 g/mol. The monoisotopic (exact) mass is 341 g/mol. The molecule has 0 saturated carbocycles. The first kappa shape index (κ1) is 12.4. The molecule has 1 unspecified atom stereocenters. The van der Waals surface area contributed by atoms with Crippen molar-refractivity contribution in [1.82, 2.24) is 9.55 Å². The van der Waals surface area contributed by atoms with Crippen LogP contribution in [0.1, 0.15) is 24.4 Å². The zero-order valence-electron chi connectivity index (χ0n) is 10.2. The molecule has 1 aromatic heterocycles. The van der Waals surface area contributed by atoms with Crippen LogP contribution >= 0.6 is 22.6 Å². The van der Waals surface area contributed by atoms with E-state index in [-0.39, 0.29) is 6.04 Å². The van der Waals surface area contributed by atoms with Gasteiger partial charge in [0.25, 0.3) is 0 Å². The second-order valence-corrected chi connectivity index (χ2v) is 5.47. The van der Waals surface area contributed by atoms with Crippen molar-refractivity contribution in [2.24, 2.45) is 7.05 Å². The molecule has 17 heavy (non-hydrogen) atoms. The highest BCUT2D eigenvalue weighted by atomic mass is 127. The van der Waals surface area contributed by atoms with E-state index in [1.807, 2.05) is 24.0 Å². The summed E-state index contributed by atoms with van der Waals surface area (Å²) in [6, 6.07) is 6.61. The highest BCUT2D eigenvalue weighted by Gasteiger charge is 2.11. The van der Waals surface area contributed by atoms with Crippen LogP contribution < -0.4 is 5.32 Å². The Hall–Kier alpha value is -1.04. The molecule has 1 aromatic carbocycles. The topological polar surface area (TPSA) is 29.9 Å². The molecule has 1 heterocycles. The SMILES string of the molecule is Cc1ccc(I)cc1NC(C)c1nccn1C. The van der Waals surface area contributed by atoms with Crippen molar-refractivity contribution >= 4 is 28.3 Å². The third-order valence-electron chi connectivity index (χ3n) is 2.82. The Morgan fingerprint density at radius 3 is 2.82 bits per heavy atom. The minimum Gasteiger partial charge on any atom is -0.375 e. The number of rotatable bonds is 3. The largest absolute Gasteiger partial charge is 0.375 e. The summed E-state index contributed by atoms with van der Waals surface area (Å²) in [7, 11) is 2.02. The van der Waals surface area contributed by atoms with Crippen molar-refractivity contribution in [3.05, 3.63) is 45.6 Å². The maximum Gasteiger partial charge on any atom is 0.130 e. The molecule has 0 aliphatic rings. The van der Waals surface area contributed by atoms with Crippen LogP contribution in [0.2, 0.25) is 0 Å². The normalized spacial score (nSPS) is 12.5. The Balaban J connectivity index is 2.21. The molecule has 0 aliphatic carbocycles. The molecule has 3 nitrogen and oxygen atoms in total. The van der Waals surface area contributed by atoms with Gasteiger partial charge in [-0.1, -0.05) is 6.07 Å². The van der Waals surface area contributed by atoms with Crippen molar-refractivity contribution in [3.63, 3.8) is 0 Å². The number of benzene rings is 1. The van der Waals surface area contributed by atoms with Crippen LogP contribution in [-0.4, -0.2) is 9.55 Å². The predicted molar refractivity (Wildman–Crippen MR) is 79.1 cm³/mol. The quantitative estimate of drug-likeness (QED) is 0.866. The first-order valence-electron chi connectivity index (χ1n) is 5.58. The summed E-state index contributed by atoms with van der Waals surface area (Å²) < 4.78 is 3.28. The molecule has 0 spiro atoms. The highest BCUT2D eigenvalue weighted by molar-refractivity contribution is 14.1. The second kappa shape index (κ2) is 5.08. The summed E-state index contributed by atoms with van der Waals surface area (Å²) >= 11 is 2.33.